The Labute approximate surface area is 113 Å². The van der Waals surface area contributed by atoms with Crippen molar-refractivity contribution in [3.63, 3.8) is 0 Å². The second-order valence-corrected chi connectivity index (χ2v) is 4.49. The minimum atomic E-state index is 0.0399. The van der Waals surface area contributed by atoms with Gasteiger partial charge in [0.1, 0.15) is 0 Å². The molecule has 4 heteroatoms. The normalized spacial score (nSPS) is 10.6. The molecule has 0 radical (unpaired) electrons. The molecule has 1 heterocycles. The van der Waals surface area contributed by atoms with E-state index in [0.717, 1.165) is 23.9 Å². The SMILES string of the molecule is CCCN(CCN)C(=O)c1ccc2ncccc2c1. The van der Waals surface area contributed by atoms with Gasteiger partial charge in [0.25, 0.3) is 5.91 Å². The summed E-state index contributed by atoms with van der Waals surface area (Å²) in [6, 6.07) is 9.45. The lowest BCUT2D eigenvalue weighted by atomic mass is 10.1. The topological polar surface area (TPSA) is 59.2 Å². The largest absolute Gasteiger partial charge is 0.337 e. The van der Waals surface area contributed by atoms with Crippen LogP contribution >= 0.6 is 0 Å². The average molecular weight is 257 g/mol. The smallest absolute Gasteiger partial charge is 0.253 e. The van der Waals surface area contributed by atoms with Crippen LogP contribution in [0.2, 0.25) is 0 Å². The molecule has 0 unspecified atom stereocenters. The van der Waals surface area contributed by atoms with Crippen LogP contribution in [-0.4, -0.2) is 35.4 Å². The molecular formula is C15H19N3O. The summed E-state index contributed by atoms with van der Waals surface area (Å²) in [5.41, 5.74) is 7.16. The maximum atomic E-state index is 12.4. The lowest BCUT2D eigenvalue weighted by Crippen LogP contribution is -2.35. The summed E-state index contributed by atoms with van der Waals surface area (Å²) < 4.78 is 0. The van der Waals surface area contributed by atoms with Crippen LogP contribution in [0.3, 0.4) is 0 Å². The molecule has 0 saturated carbocycles. The molecule has 0 aliphatic carbocycles. The molecular weight excluding hydrogens is 238 g/mol. The van der Waals surface area contributed by atoms with Gasteiger partial charge in [-0.05, 0) is 30.7 Å². The Morgan fingerprint density at radius 1 is 1.32 bits per heavy atom. The van der Waals surface area contributed by atoms with Crippen LogP contribution in [0.15, 0.2) is 36.5 Å². The molecule has 2 N–H and O–H groups in total. The number of fused-ring (bicyclic) bond motifs is 1. The molecule has 0 bridgehead atoms. The number of pyridine rings is 1. The van der Waals surface area contributed by atoms with Gasteiger partial charge in [-0.25, -0.2) is 0 Å². The fourth-order valence-corrected chi connectivity index (χ4v) is 2.13. The van der Waals surface area contributed by atoms with Crippen LogP contribution in [0.4, 0.5) is 0 Å². The second-order valence-electron chi connectivity index (χ2n) is 4.49. The van der Waals surface area contributed by atoms with Crippen molar-refractivity contribution in [2.75, 3.05) is 19.6 Å². The Hall–Kier alpha value is -1.94. The lowest BCUT2D eigenvalue weighted by Gasteiger charge is -2.21. The number of rotatable bonds is 5. The molecule has 2 aromatic rings. The molecule has 0 aliphatic rings. The zero-order valence-corrected chi connectivity index (χ0v) is 11.2. The minimum absolute atomic E-state index is 0.0399. The number of hydrogen-bond donors (Lipinski definition) is 1. The number of carbonyl (C=O) groups excluding carboxylic acids is 1. The predicted octanol–water partition coefficient (Wildman–Crippen LogP) is 2.05. The van der Waals surface area contributed by atoms with Crippen LogP contribution < -0.4 is 5.73 Å². The van der Waals surface area contributed by atoms with Gasteiger partial charge in [-0.3, -0.25) is 9.78 Å². The second kappa shape index (κ2) is 6.29. The molecule has 2 rings (SSSR count). The maximum Gasteiger partial charge on any atom is 0.253 e. The van der Waals surface area contributed by atoms with E-state index in [9.17, 15) is 4.79 Å². The van der Waals surface area contributed by atoms with E-state index < -0.39 is 0 Å². The van der Waals surface area contributed by atoms with E-state index in [2.05, 4.69) is 11.9 Å². The lowest BCUT2D eigenvalue weighted by molar-refractivity contribution is 0.0760. The fourth-order valence-electron chi connectivity index (χ4n) is 2.13. The van der Waals surface area contributed by atoms with Crippen molar-refractivity contribution < 1.29 is 4.79 Å². The van der Waals surface area contributed by atoms with Gasteiger partial charge in [-0.2, -0.15) is 0 Å². The molecule has 1 aromatic carbocycles. The first-order valence-corrected chi connectivity index (χ1v) is 6.60. The van der Waals surface area contributed by atoms with E-state index in [1.54, 1.807) is 11.1 Å². The van der Waals surface area contributed by atoms with Crippen molar-refractivity contribution >= 4 is 16.8 Å². The van der Waals surface area contributed by atoms with Gasteiger partial charge >= 0.3 is 0 Å². The molecule has 1 amide bonds. The molecule has 100 valence electrons. The van der Waals surface area contributed by atoms with Crippen LogP contribution in [-0.2, 0) is 0 Å². The van der Waals surface area contributed by atoms with Crippen LogP contribution in [0, 0.1) is 0 Å². The van der Waals surface area contributed by atoms with Crippen molar-refractivity contribution in [3.8, 4) is 0 Å². The third kappa shape index (κ3) is 3.09. The number of hydrogen-bond acceptors (Lipinski definition) is 3. The average Bonchev–Trinajstić information content (AvgIpc) is 2.46. The van der Waals surface area contributed by atoms with Gasteiger partial charge in [-0.15, -0.1) is 0 Å². The molecule has 4 nitrogen and oxygen atoms in total. The number of nitrogens with zero attached hydrogens (tertiary/aromatic N) is 2. The molecule has 0 aliphatic heterocycles. The highest BCUT2D eigenvalue weighted by molar-refractivity contribution is 5.97. The van der Waals surface area contributed by atoms with E-state index in [0.29, 0.717) is 18.7 Å². The summed E-state index contributed by atoms with van der Waals surface area (Å²) in [4.78, 5) is 18.5. The van der Waals surface area contributed by atoms with Crippen molar-refractivity contribution in [3.05, 3.63) is 42.1 Å². The Morgan fingerprint density at radius 2 is 2.16 bits per heavy atom. The third-order valence-corrected chi connectivity index (χ3v) is 3.03. The van der Waals surface area contributed by atoms with Gasteiger partial charge in [0, 0.05) is 36.8 Å². The van der Waals surface area contributed by atoms with E-state index in [4.69, 9.17) is 5.73 Å². The van der Waals surface area contributed by atoms with Gasteiger partial charge in [0.2, 0.25) is 0 Å². The van der Waals surface area contributed by atoms with Crippen LogP contribution in [0.1, 0.15) is 23.7 Å². The molecule has 19 heavy (non-hydrogen) atoms. The van der Waals surface area contributed by atoms with Crippen molar-refractivity contribution in [2.24, 2.45) is 5.73 Å². The van der Waals surface area contributed by atoms with Crippen molar-refractivity contribution in [1.82, 2.24) is 9.88 Å². The van der Waals surface area contributed by atoms with Crippen molar-refractivity contribution in [2.45, 2.75) is 13.3 Å². The Bertz CT molecular complexity index is 562. The summed E-state index contributed by atoms with van der Waals surface area (Å²) in [5.74, 6) is 0.0399. The number of amides is 1. The highest BCUT2D eigenvalue weighted by Gasteiger charge is 2.14. The van der Waals surface area contributed by atoms with Gasteiger partial charge in [0.15, 0.2) is 0 Å². The minimum Gasteiger partial charge on any atom is -0.337 e. The van der Waals surface area contributed by atoms with Gasteiger partial charge < -0.3 is 10.6 Å². The van der Waals surface area contributed by atoms with E-state index in [1.165, 1.54) is 0 Å². The first kappa shape index (κ1) is 13.5. The summed E-state index contributed by atoms with van der Waals surface area (Å²) in [7, 11) is 0. The predicted molar refractivity (Wildman–Crippen MR) is 77.0 cm³/mol. The number of aromatic nitrogens is 1. The highest BCUT2D eigenvalue weighted by atomic mass is 16.2. The number of benzene rings is 1. The zero-order chi connectivity index (χ0) is 13.7. The monoisotopic (exact) mass is 257 g/mol. The van der Waals surface area contributed by atoms with E-state index in [-0.39, 0.29) is 5.91 Å². The van der Waals surface area contributed by atoms with E-state index in [1.807, 2.05) is 30.3 Å². The maximum absolute atomic E-state index is 12.4. The van der Waals surface area contributed by atoms with E-state index >= 15 is 0 Å². The standard InChI is InChI=1S/C15H19N3O/c1-2-9-18(10-7-16)15(19)13-5-6-14-12(11-13)4-3-8-17-14/h3-6,8,11H,2,7,9-10,16H2,1H3. The Morgan fingerprint density at radius 3 is 2.89 bits per heavy atom. The number of nitrogens with two attached hydrogens (primary N) is 1. The summed E-state index contributed by atoms with van der Waals surface area (Å²) in [6.45, 7) is 3.88. The third-order valence-electron chi connectivity index (χ3n) is 3.03. The fraction of sp³-hybridized carbons (Fsp3) is 0.333. The quantitative estimate of drug-likeness (QED) is 0.891. The van der Waals surface area contributed by atoms with Crippen molar-refractivity contribution in [1.29, 1.82) is 0 Å². The molecule has 0 atom stereocenters. The Kier molecular flexibility index (Phi) is 4.47. The highest BCUT2D eigenvalue weighted by Crippen LogP contribution is 2.15. The molecule has 0 fully saturated rings. The molecule has 0 saturated heterocycles. The van der Waals surface area contributed by atoms with Gasteiger partial charge in [-0.1, -0.05) is 13.0 Å². The summed E-state index contributed by atoms with van der Waals surface area (Å²) >= 11 is 0. The van der Waals surface area contributed by atoms with Crippen LogP contribution in [0.25, 0.3) is 10.9 Å². The van der Waals surface area contributed by atoms with Crippen LogP contribution in [0.5, 0.6) is 0 Å². The summed E-state index contributed by atoms with van der Waals surface area (Å²) in [6.07, 6.45) is 2.68. The molecule has 0 spiro atoms. The zero-order valence-electron chi connectivity index (χ0n) is 11.2. The molecule has 1 aromatic heterocycles. The van der Waals surface area contributed by atoms with Gasteiger partial charge in [0.05, 0.1) is 5.52 Å². The summed E-state index contributed by atoms with van der Waals surface area (Å²) in [5, 5.41) is 0.984. The first-order valence-electron chi connectivity index (χ1n) is 6.60. The number of carbonyl (C=O) groups is 1. The Balaban J connectivity index is 2.29. The first-order chi connectivity index (χ1) is 9.26.